The Morgan fingerprint density at radius 2 is 2.00 bits per heavy atom. The molecular weight excluding hydrogens is 273 g/mol. The average Bonchev–Trinajstić information content (AvgIpc) is 3.02. The van der Waals surface area contributed by atoms with Crippen LogP contribution >= 0.6 is 11.3 Å². The number of nitrogens with zero attached hydrogens (tertiary/aromatic N) is 1. The minimum atomic E-state index is -0.236. The van der Waals surface area contributed by atoms with Gasteiger partial charge >= 0.3 is 0 Å². The number of piperidine rings is 1. The molecule has 0 saturated carbocycles. The van der Waals surface area contributed by atoms with Crippen LogP contribution in [0.15, 0.2) is 41.1 Å². The van der Waals surface area contributed by atoms with E-state index in [-0.39, 0.29) is 17.8 Å². The third-order valence-electron chi connectivity index (χ3n) is 3.79. The zero-order chi connectivity index (χ0) is 13.9. The van der Waals surface area contributed by atoms with E-state index in [9.17, 15) is 9.18 Å². The van der Waals surface area contributed by atoms with E-state index < -0.39 is 0 Å². The lowest BCUT2D eigenvalue weighted by Gasteiger charge is -2.36. The highest BCUT2D eigenvalue weighted by atomic mass is 32.1. The van der Waals surface area contributed by atoms with Crippen LogP contribution in [-0.4, -0.2) is 17.4 Å². The number of hydrogen-bond donors (Lipinski definition) is 0. The summed E-state index contributed by atoms with van der Waals surface area (Å²) in [6, 6.07) is 8.45. The first kappa shape index (κ1) is 13.3. The number of thiophene rings is 1. The first-order valence-electron chi connectivity index (χ1n) is 6.84. The van der Waals surface area contributed by atoms with E-state index >= 15 is 0 Å². The Labute approximate surface area is 121 Å². The van der Waals surface area contributed by atoms with Crippen LogP contribution in [0.5, 0.6) is 0 Å². The summed E-state index contributed by atoms with van der Waals surface area (Å²) in [6.45, 7) is 0.775. The normalized spacial score (nSPS) is 19.1. The van der Waals surface area contributed by atoms with Crippen LogP contribution in [0.25, 0.3) is 0 Å². The van der Waals surface area contributed by atoms with Gasteiger partial charge in [0, 0.05) is 11.9 Å². The molecule has 20 heavy (non-hydrogen) atoms. The quantitative estimate of drug-likeness (QED) is 0.809. The van der Waals surface area contributed by atoms with Gasteiger partial charge in [-0.1, -0.05) is 12.1 Å². The molecule has 0 bridgehead atoms. The molecule has 104 valence electrons. The molecule has 2 heterocycles. The predicted octanol–water partition coefficient (Wildman–Crippen LogP) is 4.25. The fourth-order valence-corrected chi connectivity index (χ4v) is 3.39. The summed E-state index contributed by atoms with van der Waals surface area (Å²) in [4.78, 5) is 14.5. The summed E-state index contributed by atoms with van der Waals surface area (Å²) in [5, 5.41) is 3.81. The highest BCUT2D eigenvalue weighted by Crippen LogP contribution is 2.32. The van der Waals surface area contributed by atoms with Gasteiger partial charge in [-0.15, -0.1) is 0 Å². The summed E-state index contributed by atoms with van der Waals surface area (Å²) < 4.78 is 13.1. The SMILES string of the molecule is O=C(c1ccsc1)N1CCCCC1c1ccc(F)cc1. The molecular formula is C16H16FNOS. The van der Waals surface area contributed by atoms with Gasteiger partial charge in [0.15, 0.2) is 0 Å². The maximum Gasteiger partial charge on any atom is 0.255 e. The van der Waals surface area contributed by atoms with Crippen molar-refractivity contribution in [3.8, 4) is 0 Å². The summed E-state index contributed by atoms with van der Waals surface area (Å²) in [7, 11) is 0. The molecule has 1 fully saturated rings. The molecule has 1 aliphatic heterocycles. The van der Waals surface area contributed by atoms with Gasteiger partial charge < -0.3 is 4.90 Å². The summed E-state index contributed by atoms with van der Waals surface area (Å²) in [5.74, 6) is -0.152. The zero-order valence-corrected chi connectivity index (χ0v) is 11.9. The smallest absolute Gasteiger partial charge is 0.255 e. The summed E-state index contributed by atoms with van der Waals surface area (Å²) in [5.41, 5.74) is 1.78. The number of rotatable bonds is 2. The van der Waals surface area contributed by atoms with E-state index in [1.54, 1.807) is 12.1 Å². The Morgan fingerprint density at radius 1 is 1.20 bits per heavy atom. The van der Waals surface area contributed by atoms with Crippen molar-refractivity contribution in [3.05, 3.63) is 58.0 Å². The Balaban J connectivity index is 1.87. The number of carbonyl (C=O) groups is 1. The van der Waals surface area contributed by atoms with E-state index in [2.05, 4.69) is 0 Å². The second-order valence-corrected chi connectivity index (χ2v) is 5.85. The Bertz CT molecular complexity index is 579. The van der Waals surface area contributed by atoms with Crippen LogP contribution in [0.1, 0.15) is 41.2 Å². The molecule has 4 heteroatoms. The number of carbonyl (C=O) groups excluding carboxylic acids is 1. The molecule has 2 nitrogen and oxygen atoms in total. The molecule has 1 unspecified atom stereocenters. The van der Waals surface area contributed by atoms with Crippen molar-refractivity contribution < 1.29 is 9.18 Å². The molecule has 0 aliphatic carbocycles. The van der Waals surface area contributed by atoms with Crippen LogP contribution in [0.2, 0.25) is 0 Å². The van der Waals surface area contributed by atoms with Crippen molar-refractivity contribution in [2.45, 2.75) is 25.3 Å². The first-order valence-corrected chi connectivity index (χ1v) is 7.78. The van der Waals surface area contributed by atoms with E-state index in [0.717, 1.165) is 36.9 Å². The predicted molar refractivity (Wildman–Crippen MR) is 78.3 cm³/mol. The fourth-order valence-electron chi connectivity index (χ4n) is 2.76. The van der Waals surface area contributed by atoms with Gasteiger partial charge in [-0.05, 0) is 48.4 Å². The number of hydrogen-bond acceptors (Lipinski definition) is 2. The number of halogens is 1. The lowest BCUT2D eigenvalue weighted by Crippen LogP contribution is -2.38. The van der Waals surface area contributed by atoms with Crippen molar-refractivity contribution in [3.63, 3.8) is 0 Å². The van der Waals surface area contributed by atoms with Gasteiger partial charge in [0.1, 0.15) is 5.82 Å². The second kappa shape index (κ2) is 5.75. The van der Waals surface area contributed by atoms with Crippen molar-refractivity contribution in [2.75, 3.05) is 6.54 Å². The number of amides is 1. The van der Waals surface area contributed by atoms with Gasteiger partial charge in [-0.25, -0.2) is 4.39 Å². The molecule has 0 spiro atoms. The van der Waals surface area contributed by atoms with Crippen LogP contribution < -0.4 is 0 Å². The molecule has 1 aromatic heterocycles. The minimum Gasteiger partial charge on any atom is -0.332 e. The Hall–Kier alpha value is -1.68. The molecule has 2 aromatic rings. The molecule has 1 aliphatic rings. The van der Waals surface area contributed by atoms with Gasteiger partial charge in [0.25, 0.3) is 5.91 Å². The van der Waals surface area contributed by atoms with Crippen molar-refractivity contribution in [1.82, 2.24) is 4.90 Å². The largest absolute Gasteiger partial charge is 0.332 e. The molecule has 0 N–H and O–H groups in total. The molecule has 1 atom stereocenters. The Kier molecular flexibility index (Phi) is 3.83. The zero-order valence-electron chi connectivity index (χ0n) is 11.1. The van der Waals surface area contributed by atoms with Crippen LogP contribution in [0.3, 0.4) is 0 Å². The van der Waals surface area contributed by atoms with Gasteiger partial charge in [-0.2, -0.15) is 11.3 Å². The van der Waals surface area contributed by atoms with Crippen molar-refractivity contribution in [1.29, 1.82) is 0 Å². The molecule has 1 aromatic carbocycles. The second-order valence-electron chi connectivity index (χ2n) is 5.07. The maximum absolute atomic E-state index is 13.1. The highest BCUT2D eigenvalue weighted by molar-refractivity contribution is 7.08. The molecule has 1 amide bonds. The standard InChI is InChI=1S/C16H16FNOS/c17-14-6-4-12(5-7-14)15-3-1-2-9-18(15)16(19)13-8-10-20-11-13/h4-8,10-11,15H,1-3,9H2. The third kappa shape index (κ3) is 2.61. The maximum atomic E-state index is 13.1. The number of benzene rings is 1. The Morgan fingerprint density at radius 3 is 2.70 bits per heavy atom. The minimum absolute atomic E-state index is 0.0664. The van der Waals surface area contributed by atoms with Crippen LogP contribution in [0, 0.1) is 5.82 Å². The molecule has 1 saturated heterocycles. The first-order chi connectivity index (χ1) is 9.75. The average molecular weight is 289 g/mol. The van der Waals surface area contributed by atoms with Gasteiger partial charge in [-0.3, -0.25) is 4.79 Å². The van der Waals surface area contributed by atoms with E-state index in [0.29, 0.717) is 0 Å². The van der Waals surface area contributed by atoms with Crippen LogP contribution in [0.4, 0.5) is 4.39 Å². The monoisotopic (exact) mass is 289 g/mol. The van der Waals surface area contributed by atoms with Crippen molar-refractivity contribution >= 4 is 17.2 Å². The van der Waals surface area contributed by atoms with Crippen LogP contribution in [-0.2, 0) is 0 Å². The lowest BCUT2D eigenvalue weighted by atomic mass is 9.94. The molecule has 0 radical (unpaired) electrons. The van der Waals surface area contributed by atoms with E-state index in [1.165, 1.54) is 23.5 Å². The van der Waals surface area contributed by atoms with Crippen molar-refractivity contribution in [2.24, 2.45) is 0 Å². The third-order valence-corrected chi connectivity index (χ3v) is 4.47. The fraction of sp³-hybridized carbons (Fsp3) is 0.312. The van der Waals surface area contributed by atoms with Gasteiger partial charge in [0.05, 0.1) is 11.6 Å². The summed E-state index contributed by atoms with van der Waals surface area (Å²) in [6.07, 6.45) is 3.09. The summed E-state index contributed by atoms with van der Waals surface area (Å²) >= 11 is 1.53. The number of likely N-dealkylation sites (tertiary alicyclic amines) is 1. The van der Waals surface area contributed by atoms with E-state index in [1.807, 2.05) is 21.7 Å². The molecule has 3 rings (SSSR count). The topological polar surface area (TPSA) is 20.3 Å². The van der Waals surface area contributed by atoms with E-state index in [4.69, 9.17) is 0 Å². The lowest BCUT2D eigenvalue weighted by molar-refractivity contribution is 0.0612. The highest BCUT2D eigenvalue weighted by Gasteiger charge is 2.28. The van der Waals surface area contributed by atoms with Gasteiger partial charge in [0.2, 0.25) is 0 Å².